The molecule has 0 saturated heterocycles. The van der Waals surface area contributed by atoms with Crippen LogP contribution in [0.2, 0.25) is 5.02 Å². The maximum Gasteiger partial charge on any atom is 0.281 e. The number of benzene rings is 1. The molecule has 1 N–H and O–H groups in total. The van der Waals surface area contributed by atoms with Gasteiger partial charge in [0.2, 0.25) is 5.43 Å². The molecule has 7 nitrogen and oxygen atoms in total. The Morgan fingerprint density at radius 1 is 1.41 bits per heavy atom. The highest BCUT2D eigenvalue weighted by Crippen LogP contribution is 2.16. The number of anilines is 1. The largest absolute Gasteiger partial charge is 0.363 e. The van der Waals surface area contributed by atoms with Gasteiger partial charge in [0.25, 0.3) is 5.91 Å². The second kappa shape index (κ2) is 5.61. The fourth-order valence-electron chi connectivity index (χ4n) is 2.10. The van der Waals surface area contributed by atoms with Crippen molar-refractivity contribution in [2.45, 2.75) is 13.5 Å². The van der Waals surface area contributed by atoms with Crippen LogP contribution >= 0.6 is 11.6 Å². The molecule has 1 aromatic carbocycles. The van der Waals surface area contributed by atoms with Crippen molar-refractivity contribution in [3.8, 4) is 0 Å². The molecule has 112 valence electrons. The molecule has 0 saturated carbocycles. The molecule has 0 bridgehead atoms. The third-order valence-corrected chi connectivity index (χ3v) is 3.35. The van der Waals surface area contributed by atoms with Crippen molar-refractivity contribution in [3.63, 3.8) is 0 Å². The van der Waals surface area contributed by atoms with Crippen LogP contribution in [-0.2, 0) is 6.54 Å². The molecule has 0 atom stereocenters. The average Bonchev–Trinajstić information content (AvgIpc) is 3.01. The molecule has 0 aliphatic rings. The Labute approximate surface area is 129 Å². The van der Waals surface area contributed by atoms with E-state index in [4.69, 9.17) is 11.6 Å². The number of halogens is 1. The van der Waals surface area contributed by atoms with Crippen molar-refractivity contribution >= 4 is 34.2 Å². The number of nitrogens with one attached hydrogen (secondary N) is 1. The van der Waals surface area contributed by atoms with Gasteiger partial charge in [0.1, 0.15) is 6.26 Å². The van der Waals surface area contributed by atoms with Crippen LogP contribution in [0.5, 0.6) is 0 Å². The Kier molecular flexibility index (Phi) is 3.64. The molecule has 0 fully saturated rings. The first-order chi connectivity index (χ1) is 10.6. The number of fused-ring (bicyclic) bond motifs is 1. The van der Waals surface area contributed by atoms with E-state index >= 15 is 0 Å². The van der Waals surface area contributed by atoms with E-state index in [0.29, 0.717) is 22.5 Å². The molecule has 2 heterocycles. The van der Waals surface area contributed by atoms with E-state index in [9.17, 15) is 9.59 Å². The van der Waals surface area contributed by atoms with Crippen LogP contribution in [0.15, 0.2) is 39.8 Å². The van der Waals surface area contributed by atoms with Crippen LogP contribution in [-0.4, -0.2) is 20.8 Å². The van der Waals surface area contributed by atoms with Crippen molar-refractivity contribution in [1.29, 1.82) is 0 Å². The van der Waals surface area contributed by atoms with Gasteiger partial charge in [0, 0.05) is 17.6 Å². The number of carbonyl (C=O) groups is 1. The molecule has 8 heteroatoms. The Balaban J connectivity index is 2.15. The zero-order chi connectivity index (χ0) is 15.7. The number of aromatic nitrogens is 3. The van der Waals surface area contributed by atoms with Crippen LogP contribution in [0.1, 0.15) is 17.4 Å². The monoisotopic (exact) mass is 318 g/mol. The first kappa shape index (κ1) is 14.3. The van der Waals surface area contributed by atoms with Gasteiger partial charge in [0.05, 0.1) is 10.9 Å². The number of nitrogens with zero attached hydrogens (tertiary/aromatic N) is 3. The van der Waals surface area contributed by atoms with E-state index in [0.717, 1.165) is 0 Å². The zero-order valence-electron chi connectivity index (χ0n) is 11.5. The number of aryl methyl sites for hydroxylation is 1. The van der Waals surface area contributed by atoms with Gasteiger partial charge in [-0.2, -0.15) is 5.10 Å². The summed E-state index contributed by atoms with van der Waals surface area (Å²) in [7, 11) is 0. The maximum atomic E-state index is 12.5. The number of hydrogen-bond donors (Lipinski definition) is 1. The summed E-state index contributed by atoms with van der Waals surface area (Å²) in [6.07, 6.45) is 1.31. The van der Waals surface area contributed by atoms with Crippen molar-refractivity contribution in [2.24, 2.45) is 0 Å². The Bertz CT molecular complexity index is 902. The van der Waals surface area contributed by atoms with Crippen LogP contribution in [0.25, 0.3) is 10.9 Å². The number of hydrogen-bond acceptors (Lipinski definition) is 5. The van der Waals surface area contributed by atoms with Crippen molar-refractivity contribution in [3.05, 3.63) is 51.5 Å². The Morgan fingerprint density at radius 3 is 2.91 bits per heavy atom. The smallest absolute Gasteiger partial charge is 0.281 e. The minimum Gasteiger partial charge on any atom is -0.363 e. The van der Waals surface area contributed by atoms with Crippen molar-refractivity contribution in [1.82, 2.24) is 14.9 Å². The first-order valence-corrected chi connectivity index (χ1v) is 6.90. The molecule has 22 heavy (non-hydrogen) atoms. The minimum atomic E-state index is -0.650. The molecule has 0 aliphatic heterocycles. The van der Waals surface area contributed by atoms with Gasteiger partial charge in [0.15, 0.2) is 11.5 Å². The Morgan fingerprint density at radius 2 is 2.23 bits per heavy atom. The summed E-state index contributed by atoms with van der Waals surface area (Å²) in [6, 6.07) is 6.37. The molecule has 1 amide bonds. The second-order valence-corrected chi connectivity index (χ2v) is 4.93. The predicted octanol–water partition coefficient (Wildman–Crippen LogP) is 2.31. The van der Waals surface area contributed by atoms with E-state index in [1.54, 1.807) is 16.8 Å². The van der Waals surface area contributed by atoms with Crippen molar-refractivity contribution in [2.75, 3.05) is 5.32 Å². The van der Waals surface area contributed by atoms with Gasteiger partial charge >= 0.3 is 0 Å². The van der Waals surface area contributed by atoms with E-state index in [2.05, 4.69) is 20.1 Å². The normalized spacial score (nSPS) is 10.8. The third-order valence-electron chi connectivity index (χ3n) is 3.11. The summed E-state index contributed by atoms with van der Waals surface area (Å²) in [5.41, 5.74) is -0.0855. The molecular weight excluding hydrogens is 308 g/mol. The fraction of sp³-hybridized carbons (Fsp3) is 0.143. The van der Waals surface area contributed by atoms with Gasteiger partial charge in [-0.1, -0.05) is 16.8 Å². The van der Waals surface area contributed by atoms with Gasteiger partial charge < -0.3 is 9.84 Å². The molecule has 3 aromatic rings. The van der Waals surface area contributed by atoms with Gasteiger partial charge in [-0.25, -0.2) is 0 Å². The zero-order valence-corrected chi connectivity index (χ0v) is 12.3. The van der Waals surface area contributed by atoms with Crippen LogP contribution < -0.4 is 10.7 Å². The lowest BCUT2D eigenvalue weighted by Crippen LogP contribution is -2.27. The predicted molar refractivity (Wildman–Crippen MR) is 81.1 cm³/mol. The summed E-state index contributed by atoms with van der Waals surface area (Å²) in [4.78, 5) is 24.7. The SMILES string of the molecule is CCn1nc(C(=O)Nc2ccon2)c(=O)c2cc(Cl)ccc21. The fourth-order valence-corrected chi connectivity index (χ4v) is 2.28. The summed E-state index contributed by atoms with van der Waals surface area (Å²) in [5, 5.41) is 10.9. The summed E-state index contributed by atoms with van der Waals surface area (Å²) >= 11 is 5.94. The number of rotatable bonds is 3. The maximum absolute atomic E-state index is 12.5. The molecule has 0 radical (unpaired) electrons. The Hall–Kier alpha value is -2.67. The van der Waals surface area contributed by atoms with Crippen molar-refractivity contribution < 1.29 is 9.32 Å². The molecule has 2 aromatic heterocycles. The van der Waals surface area contributed by atoms with Gasteiger partial charge in [-0.15, -0.1) is 0 Å². The standard InChI is InChI=1S/C14H11ClN4O3/c1-2-19-10-4-3-8(15)7-9(10)13(20)12(17-19)14(21)16-11-5-6-22-18-11/h3-7H,2H2,1H3,(H,16,18,21). The number of amides is 1. The quantitative estimate of drug-likeness (QED) is 0.800. The summed E-state index contributed by atoms with van der Waals surface area (Å²) < 4.78 is 6.20. The van der Waals surface area contributed by atoms with E-state index in [1.807, 2.05) is 6.92 Å². The summed E-state index contributed by atoms with van der Waals surface area (Å²) in [6.45, 7) is 2.37. The highest BCUT2D eigenvalue weighted by molar-refractivity contribution is 6.31. The highest BCUT2D eigenvalue weighted by Gasteiger charge is 2.18. The van der Waals surface area contributed by atoms with Crippen LogP contribution in [0.4, 0.5) is 5.82 Å². The average molecular weight is 319 g/mol. The molecule has 0 spiro atoms. The van der Waals surface area contributed by atoms with Crippen LogP contribution in [0.3, 0.4) is 0 Å². The van der Waals surface area contributed by atoms with Gasteiger partial charge in [-0.3, -0.25) is 14.3 Å². The molecule has 0 unspecified atom stereocenters. The third kappa shape index (κ3) is 2.46. The first-order valence-electron chi connectivity index (χ1n) is 6.52. The summed E-state index contributed by atoms with van der Waals surface area (Å²) in [5.74, 6) is -0.441. The minimum absolute atomic E-state index is 0.209. The highest BCUT2D eigenvalue weighted by atomic mass is 35.5. The molecule has 3 rings (SSSR count). The van der Waals surface area contributed by atoms with E-state index in [1.165, 1.54) is 18.4 Å². The lowest BCUT2D eigenvalue weighted by molar-refractivity contribution is 0.101. The van der Waals surface area contributed by atoms with E-state index < -0.39 is 11.3 Å². The lowest BCUT2D eigenvalue weighted by atomic mass is 10.2. The molecular formula is C14H11ClN4O3. The van der Waals surface area contributed by atoms with Crippen LogP contribution in [0, 0.1) is 0 Å². The molecule has 0 aliphatic carbocycles. The topological polar surface area (TPSA) is 90.0 Å². The van der Waals surface area contributed by atoms with E-state index in [-0.39, 0.29) is 11.5 Å². The van der Waals surface area contributed by atoms with Gasteiger partial charge in [-0.05, 0) is 25.1 Å². The second-order valence-electron chi connectivity index (χ2n) is 4.49. The lowest BCUT2D eigenvalue weighted by Gasteiger charge is -2.10. The number of carbonyl (C=O) groups excluding carboxylic acids is 1.